The van der Waals surface area contributed by atoms with Crippen LogP contribution in [-0.4, -0.2) is 24.0 Å². The number of carbonyl (C=O) groups is 1. The van der Waals surface area contributed by atoms with E-state index in [1.54, 1.807) is 11.3 Å². The van der Waals surface area contributed by atoms with Crippen LogP contribution >= 0.6 is 27.3 Å². The Morgan fingerprint density at radius 2 is 2.23 bits per heavy atom. The number of piperidine rings is 1. The number of hydrogen-bond acceptors (Lipinski definition) is 4. The molecule has 1 atom stereocenters. The Labute approximate surface area is 142 Å². The number of thiazole rings is 1. The molecule has 0 spiro atoms. The molecule has 1 amide bonds. The van der Waals surface area contributed by atoms with Gasteiger partial charge < -0.3 is 10.6 Å². The second-order valence-electron chi connectivity index (χ2n) is 5.42. The van der Waals surface area contributed by atoms with Gasteiger partial charge in [0.2, 0.25) is 0 Å². The molecule has 1 fully saturated rings. The third-order valence-electron chi connectivity index (χ3n) is 3.77. The summed E-state index contributed by atoms with van der Waals surface area (Å²) in [6, 6.07) is 7.92. The third-order valence-corrected chi connectivity index (χ3v) is 5.30. The molecule has 1 aromatic carbocycles. The Hall–Kier alpha value is -1.24. The Morgan fingerprint density at radius 1 is 1.41 bits per heavy atom. The highest BCUT2D eigenvalue weighted by Crippen LogP contribution is 2.26. The van der Waals surface area contributed by atoms with Gasteiger partial charge >= 0.3 is 0 Å². The molecule has 6 heteroatoms. The summed E-state index contributed by atoms with van der Waals surface area (Å²) in [5, 5.41) is 9.24. The van der Waals surface area contributed by atoms with Crippen LogP contribution in [0.1, 0.15) is 39.8 Å². The quantitative estimate of drug-likeness (QED) is 0.856. The molecule has 0 saturated carbocycles. The van der Waals surface area contributed by atoms with E-state index in [1.165, 1.54) is 6.42 Å². The van der Waals surface area contributed by atoms with Crippen LogP contribution in [0.2, 0.25) is 0 Å². The molecule has 2 aromatic rings. The molecule has 3 rings (SSSR count). The van der Waals surface area contributed by atoms with Gasteiger partial charge in [0.05, 0.1) is 5.01 Å². The van der Waals surface area contributed by atoms with Gasteiger partial charge in [-0.3, -0.25) is 4.79 Å². The second kappa shape index (κ2) is 7.35. The Morgan fingerprint density at radius 3 is 2.95 bits per heavy atom. The second-order valence-corrected chi connectivity index (χ2v) is 7.23. The lowest BCUT2D eigenvalue weighted by molar-refractivity contribution is 0.0946. The SMILES string of the molecule is O=C(NCc1ccc(Br)cc1)c1csc(C2CCCNC2)n1. The van der Waals surface area contributed by atoms with Gasteiger partial charge in [-0.25, -0.2) is 4.98 Å². The number of hydrogen-bond donors (Lipinski definition) is 2. The fraction of sp³-hybridized carbons (Fsp3) is 0.375. The van der Waals surface area contributed by atoms with Crippen LogP contribution < -0.4 is 10.6 Å². The maximum atomic E-state index is 12.2. The van der Waals surface area contributed by atoms with Crippen LogP contribution in [0, 0.1) is 0 Å². The van der Waals surface area contributed by atoms with Gasteiger partial charge in [0.1, 0.15) is 5.69 Å². The summed E-state index contributed by atoms with van der Waals surface area (Å²) in [5.41, 5.74) is 1.60. The van der Waals surface area contributed by atoms with Crippen molar-refractivity contribution >= 4 is 33.2 Å². The third kappa shape index (κ3) is 3.94. The Bertz CT molecular complexity index is 635. The fourth-order valence-electron chi connectivity index (χ4n) is 2.52. The number of amides is 1. The normalized spacial score (nSPS) is 18.1. The zero-order valence-electron chi connectivity index (χ0n) is 12.1. The summed E-state index contributed by atoms with van der Waals surface area (Å²) < 4.78 is 1.04. The average molecular weight is 380 g/mol. The molecule has 2 heterocycles. The summed E-state index contributed by atoms with van der Waals surface area (Å²) in [7, 11) is 0. The number of nitrogens with zero attached hydrogens (tertiary/aromatic N) is 1. The maximum Gasteiger partial charge on any atom is 0.271 e. The van der Waals surface area contributed by atoms with E-state index in [4.69, 9.17) is 0 Å². The molecule has 0 radical (unpaired) electrons. The summed E-state index contributed by atoms with van der Waals surface area (Å²) >= 11 is 4.99. The first-order valence-electron chi connectivity index (χ1n) is 7.41. The minimum atomic E-state index is -0.103. The lowest BCUT2D eigenvalue weighted by atomic mass is 10.0. The highest BCUT2D eigenvalue weighted by Gasteiger charge is 2.20. The first-order valence-corrected chi connectivity index (χ1v) is 9.08. The first-order chi connectivity index (χ1) is 10.7. The molecule has 2 N–H and O–H groups in total. The molecule has 116 valence electrons. The van der Waals surface area contributed by atoms with Crippen molar-refractivity contribution in [2.75, 3.05) is 13.1 Å². The number of carbonyl (C=O) groups excluding carboxylic acids is 1. The predicted octanol–water partition coefficient (Wildman–Crippen LogP) is 3.30. The minimum Gasteiger partial charge on any atom is -0.347 e. The molecule has 4 nitrogen and oxygen atoms in total. The minimum absolute atomic E-state index is 0.103. The highest BCUT2D eigenvalue weighted by atomic mass is 79.9. The largest absolute Gasteiger partial charge is 0.347 e. The lowest BCUT2D eigenvalue weighted by Crippen LogP contribution is -2.28. The topological polar surface area (TPSA) is 54.0 Å². The molecular weight excluding hydrogens is 362 g/mol. The molecule has 1 aromatic heterocycles. The molecule has 0 aliphatic carbocycles. The molecule has 22 heavy (non-hydrogen) atoms. The molecule has 1 unspecified atom stereocenters. The first kappa shape index (κ1) is 15.6. The van der Waals surface area contributed by atoms with E-state index in [0.29, 0.717) is 18.2 Å². The zero-order valence-corrected chi connectivity index (χ0v) is 14.5. The number of aromatic nitrogens is 1. The number of nitrogens with one attached hydrogen (secondary N) is 2. The fourth-order valence-corrected chi connectivity index (χ4v) is 3.72. The standard InChI is InChI=1S/C16H18BrN3OS/c17-13-5-3-11(4-6-13)8-19-15(21)14-10-22-16(20-14)12-2-1-7-18-9-12/h3-6,10,12,18H,1-2,7-9H2,(H,19,21). The van der Waals surface area contributed by atoms with E-state index in [-0.39, 0.29) is 5.91 Å². The lowest BCUT2D eigenvalue weighted by Gasteiger charge is -2.20. The molecule has 1 aliphatic rings. The molecule has 0 bridgehead atoms. The van der Waals surface area contributed by atoms with Crippen LogP contribution in [0.15, 0.2) is 34.1 Å². The van der Waals surface area contributed by atoms with Gasteiger partial charge in [0.15, 0.2) is 0 Å². The van der Waals surface area contributed by atoms with Crippen molar-refractivity contribution in [3.05, 3.63) is 50.4 Å². The van der Waals surface area contributed by atoms with Crippen LogP contribution in [0.3, 0.4) is 0 Å². The predicted molar refractivity (Wildman–Crippen MR) is 92.3 cm³/mol. The van der Waals surface area contributed by atoms with Crippen LogP contribution in [0.5, 0.6) is 0 Å². The maximum absolute atomic E-state index is 12.2. The van der Waals surface area contributed by atoms with Gasteiger partial charge in [-0.1, -0.05) is 28.1 Å². The van der Waals surface area contributed by atoms with E-state index >= 15 is 0 Å². The van der Waals surface area contributed by atoms with Gasteiger partial charge in [-0.05, 0) is 37.1 Å². The molecule has 1 saturated heterocycles. The Kier molecular flexibility index (Phi) is 5.23. The van der Waals surface area contributed by atoms with E-state index in [0.717, 1.165) is 34.6 Å². The van der Waals surface area contributed by atoms with E-state index in [1.807, 2.05) is 29.6 Å². The van der Waals surface area contributed by atoms with Crippen molar-refractivity contribution in [1.82, 2.24) is 15.6 Å². The van der Waals surface area contributed by atoms with E-state index in [2.05, 4.69) is 31.5 Å². The van der Waals surface area contributed by atoms with Crippen LogP contribution in [-0.2, 0) is 6.54 Å². The van der Waals surface area contributed by atoms with Crippen molar-refractivity contribution in [2.45, 2.75) is 25.3 Å². The van der Waals surface area contributed by atoms with Gasteiger partial charge in [0.25, 0.3) is 5.91 Å². The van der Waals surface area contributed by atoms with Crippen LogP contribution in [0.25, 0.3) is 0 Å². The zero-order chi connectivity index (χ0) is 15.4. The Balaban J connectivity index is 1.58. The summed E-state index contributed by atoms with van der Waals surface area (Å²) in [6.07, 6.45) is 2.33. The number of halogens is 1. The van der Waals surface area contributed by atoms with Crippen molar-refractivity contribution in [1.29, 1.82) is 0 Å². The molecular formula is C16H18BrN3OS. The summed E-state index contributed by atoms with van der Waals surface area (Å²) in [5.74, 6) is 0.348. The monoisotopic (exact) mass is 379 g/mol. The van der Waals surface area contributed by atoms with Crippen molar-refractivity contribution in [2.24, 2.45) is 0 Å². The summed E-state index contributed by atoms with van der Waals surface area (Å²) in [4.78, 5) is 16.7. The number of rotatable bonds is 4. The van der Waals surface area contributed by atoms with E-state index in [9.17, 15) is 4.79 Å². The summed E-state index contributed by atoms with van der Waals surface area (Å²) in [6.45, 7) is 2.57. The smallest absolute Gasteiger partial charge is 0.271 e. The van der Waals surface area contributed by atoms with E-state index < -0.39 is 0 Å². The van der Waals surface area contributed by atoms with Crippen LogP contribution in [0.4, 0.5) is 0 Å². The van der Waals surface area contributed by atoms with Crippen molar-refractivity contribution in [3.63, 3.8) is 0 Å². The number of benzene rings is 1. The van der Waals surface area contributed by atoms with Crippen molar-refractivity contribution < 1.29 is 4.79 Å². The molecule has 1 aliphatic heterocycles. The van der Waals surface area contributed by atoms with Gasteiger partial charge in [0, 0.05) is 28.9 Å². The van der Waals surface area contributed by atoms with Crippen molar-refractivity contribution in [3.8, 4) is 0 Å². The van der Waals surface area contributed by atoms with Gasteiger partial charge in [-0.2, -0.15) is 0 Å². The average Bonchev–Trinajstić information content (AvgIpc) is 3.05. The highest BCUT2D eigenvalue weighted by molar-refractivity contribution is 9.10. The van der Waals surface area contributed by atoms with Gasteiger partial charge in [-0.15, -0.1) is 11.3 Å².